The van der Waals surface area contributed by atoms with E-state index < -0.39 is 6.10 Å². The number of aliphatic hydroxyl groups excluding tert-OH is 1. The molecular formula is C11H18N2O3. The van der Waals surface area contributed by atoms with E-state index in [2.05, 4.69) is 4.98 Å². The molecule has 5 heteroatoms. The van der Waals surface area contributed by atoms with Crippen LogP contribution in [0.1, 0.15) is 11.4 Å². The van der Waals surface area contributed by atoms with E-state index in [1.54, 1.807) is 0 Å². The number of aromatic nitrogens is 1. The topological polar surface area (TPSA) is 77.6 Å². The van der Waals surface area contributed by atoms with Gasteiger partial charge in [-0.05, 0) is 19.1 Å². The molecule has 1 aromatic heterocycles. The molecule has 0 saturated carbocycles. The third-order valence-corrected chi connectivity index (χ3v) is 2.06. The maximum absolute atomic E-state index is 9.43. The molecule has 0 spiro atoms. The van der Waals surface area contributed by atoms with Crippen molar-refractivity contribution in [2.45, 2.75) is 19.6 Å². The highest BCUT2D eigenvalue weighted by Gasteiger charge is 2.08. The molecular weight excluding hydrogens is 208 g/mol. The van der Waals surface area contributed by atoms with Crippen molar-refractivity contribution >= 4 is 0 Å². The van der Waals surface area contributed by atoms with Crippen LogP contribution in [-0.4, -0.2) is 36.5 Å². The van der Waals surface area contributed by atoms with Crippen LogP contribution >= 0.6 is 0 Å². The Bertz CT molecular complexity index is 331. The Morgan fingerprint density at radius 1 is 1.44 bits per heavy atom. The minimum absolute atomic E-state index is 0.172. The summed E-state index contributed by atoms with van der Waals surface area (Å²) in [6.07, 6.45) is -0.642. The zero-order valence-corrected chi connectivity index (χ0v) is 9.64. The second-order valence-electron chi connectivity index (χ2n) is 3.52. The van der Waals surface area contributed by atoms with Crippen molar-refractivity contribution in [2.24, 2.45) is 5.73 Å². The number of nitrogens with two attached hydrogens (primary N) is 1. The lowest BCUT2D eigenvalue weighted by atomic mass is 10.3. The van der Waals surface area contributed by atoms with E-state index in [0.717, 1.165) is 5.69 Å². The Balaban J connectivity index is 2.59. The fraction of sp³-hybridized carbons (Fsp3) is 0.545. The number of nitrogens with zero attached hydrogens (tertiary/aromatic N) is 1. The summed E-state index contributed by atoms with van der Waals surface area (Å²) >= 11 is 0. The quantitative estimate of drug-likeness (QED) is 0.726. The van der Waals surface area contributed by atoms with Crippen molar-refractivity contribution in [1.29, 1.82) is 0 Å². The van der Waals surface area contributed by atoms with E-state index in [9.17, 15) is 5.11 Å². The van der Waals surface area contributed by atoms with Gasteiger partial charge in [0.05, 0.1) is 12.3 Å². The lowest BCUT2D eigenvalue weighted by Gasteiger charge is -2.13. The summed E-state index contributed by atoms with van der Waals surface area (Å²) in [6, 6.07) is 3.65. The summed E-state index contributed by atoms with van der Waals surface area (Å²) in [4.78, 5) is 4.25. The van der Waals surface area contributed by atoms with Crippen molar-refractivity contribution in [3.05, 3.63) is 23.5 Å². The molecule has 0 aliphatic heterocycles. The second-order valence-corrected chi connectivity index (χ2v) is 3.52. The molecule has 1 rings (SSSR count). The Labute approximate surface area is 95.2 Å². The predicted octanol–water partition coefficient (Wildman–Crippen LogP) is 0.235. The third-order valence-electron chi connectivity index (χ3n) is 2.06. The van der Waals surface area contributed by atoms with Crippen molar-refractivity contribution in [1.82, 2.24) is 4.98 Å². The Hall–Kier alpha value is -1.17. The predicted molar refractivity (Wildman–Crippen MR) is 60.2 cm³/mol. The summed E-state index contributed by atoms with van der Waals surface area (Å²) in [5.74, 6) is 0.614. The summed E-state index contributed by atoms with van der Waals surface area (Å²) in [5.41, 5.74) is 7.15. The monoisotopic (exact) mass is 226 g/mol. The van der Waals surface area contributed by atoms with Gasteiger partial charge in [-0.25, -0.2) is 0 Å². The van der Waals surface area contributed by atoms with Crippen molar-refractivity contribution in [2.75, 3.05) is 20.3 Å². The van der Waals surface area contributed by atoms with Crippen molar-refractivity contribution < 1.29 is 14.6 Å². The molecule has 0 saturated heterocycles. The highest BCUT2D eigenvalue weighted by Crippen LogP contribution is 2.16. The molecule has 0 amide bonds. The number of hydrogen-bond acceptors (Lipinski definition) is 5. The number of ether oxygens (including phenoxy) is 2. The third kappa shape index (κ3) is 3.77. The Morgan fingerprint density at radius 3 is 2.81 bits per heavy atom. The van der Waals surface area contributed by atoms with Gasteiger partial charge in [-0.2, -0.15) is 0 Å². The number of aryl methyl sites for hydroxylation is 1. The fourth-order valence-electron chi connectivity index (χ4n) is 1.30. The summed E-state index contributed by atoms with van der Waals surface area (Å²) in [5, 5.41) is 9.43. The number of pyridine rings is 1. The average molecular weight is 226 g/mol. The van der Waals surface area contributed by atoms with Crippen LogP contribution in [0, 0.1) is 6.92 Å². The van der Waals surface area contributed by atoms with Crippen molar-refractivity contribution in [3.63, 3.8) is 0 Å². The number of methoxy groups -OCH3 is 1. The average Bonchev–Trinajstić information content (AvgIpc) is 2.27. The van der Waals surface area contributed by atoms with Crippen molar-refractivity contribution in [3.8, 4) is 5.75 Å². The highest BCUT2D eigenvalue weighted by atomic mass is 16.5. The molecule has 1 atom stereocenters. The molecule has 5 nitrogen and oxygen atoms in total. The molecule has 0 fully saturated rings. The molecule has 1 aromatic rings. The van der Waals surface area contributed by atoms with Gasteiger partial charge in [-0.1, -0.05) is 0 Å². The molecule has 3 N–H and O–H groups in total. The number of rotatable bonds is 6. The van der Waals surface area contributed by atoms with Crippen LogP contribution in [0.3, 0.4) is 0 Å². The van der Waals surface area contributed by atoms with Crippen LogP contribution in [0.25, 0.3) is 0 Å². The normalized spacial score (nSPS) is 12.5. The van der Waals surface area contributed by atoms with Gasteiger partial charge in [0, 0.05) is 19.3 Å². The minimum Gasteiger partial charge on any atom is -0.489 e. The molecule has 0 aliphatic rings. The Morgan fingerprint density at radius 2 is 2.19 bits per heavy atom. The summed E-state index contributed by atoms with van der Waals surface area (Å²) in [7, 11) is 1.53. The molecule has 1 heterocycles. The maximum Gasteiger partial charge on any atom is 0.142 e. The number of aliphatic hydroxyl groups is 1. The van der Waals surface area contributed by atoms with Gasteiger partial charge in [0.2, 0.25) is 0 Å². The lowest BCUT2D eigenvalue weighted by molar-refractivity contribution is 0.0322. The van der Waals surface area contributed by atoms with Gasteiger partial charge in [0.1, 0.15) is 18.5 Å². The van der Waals surface area contributed by atoms with Crippen LogP contribution in [-0.2, 0) is 11.3 Å². The fourth-order valence-corrected chi connectivity index (χ4v) is 1.30. The van der Waals surface area contributed by atoms with Crippen LogP contribution in [0.4, 0.5) is 0 Å². The second kappa shape index (κ2) is 6.42. The van der Waals surface area contributed by atoms with Gasteiger partial charge < -0.3 is 20.3 Å². The molecule has 0 radical (unpaired) electrons. The first-order valence-corrected chi connectivity index (χ1v) is 5.13. The zero-order valence-electron chi connectivity index (χ0n) is 9.64. The summed E-state index contributed by atoms with van der Waals surface area (Å²) in [6.45, 7) is 2.63. The Kier molecular flexibility index (Phi) is 5.18. The smallest absolute Gasteiger partial charge is 0.142 e. The van der Waals surface area contributed by atoms with E-state index in [0.29, 0.717) is 18.0 Å². The lowest BCUT2D eigenvalue weighted by Crippen LogP contribution is -2.23. The van der Waals surface area contributed by atoms with Gasteiger partial charge in [0.15, 0.2) is 0 Å². The summed E-state index contributed by atoms with van der Waals surface area (Å²) < 4.78 is 10.2. The number of hydrogen-bond donors (Lipinski definition) is 2. The molecule has 16 heavy (non-hydrogen) atoms. The van der Waals surface area contributed by atoms with E-state index >= 15 is 0 Å². The van der Waals surface area contributed by atoms with Crippen LogP contribution in [0.5, 0.6) is 5.75 Å². The molecule has 0 aliphatic carbocycles. The van der Waals surface area contributed by atoms with Gasteiger partial charge >= 0.3 is 0 Å². The largest absolute Gasteiger partial charge is 0.489 e. The van der Waals surface area contributed by atoms with Crippen LogP contribution in [0.2, 0.25) is 0 Å². The van der Waals surface area contributed by atoms with Gasteiger partial charge in [0.25, 0.3) is 0 Å². The standard InChI is InChI=1S/C11H18N2O3/c1-8-3-4-11(10(5-12)13-8)16-7-9(14)6-15-2/h3-4,9,14H,5-7,12H2,1-2H3. The first kappa shape index (κ1) is 12.9. The zero-order chi connectivity index (χ0) is 12.0. The van der Waals surface area contributed by atoms with Gasteiger partial charge in [-0.15, -0.1) is 0 Å². The molecule has 90 valence electrons. The van der Waals surface area contributed by atoms with Crippen LogP contribution < -0.4 is 10.5 Å². The van der Waals surface area contributed by atoms with Gasteiger partial charge in [-0.3, -0.25) is 4.98 Å². The van der Waals surface area contributed by atoms with Crippen LogP contribution in [0.15, 0.2) is 12.1 Å². The van der Waals surface area contributed by atoms with E-state index in [1.807, 2.05) is 19.1 Å². The maximum atomic E-state index is 9.43. The highest BCUT2D eigenvalue weighted by molar-refractivity contribution is 5.29. The molecule has 1 unspecified atom stereocenters. The first-order valence-electron chi connectivity index (χ1n) is 5.13. The minimum atomic E-state index is -0.642. The SMILES string of the molecule is COCC(O)COc1ccc(C)nc1CN. The molecule has 0 aromatic carbocycles. The molecule has 0 bridgehead atoms. The first-order chi connectivity index (χ1) is 7.67. The van der Waals surface area contributed by atoms with E-state index in [4.69, 9.17) is 15.2 Å². The van der Waals surface area contributed by atoms with E-state index in [1.165, 1.54) is 7.11 Å². The van der Waals surface area contributed by atoms with E-state index in [-0.39, 0.29) is 13.2 Å².